The zero-order chi connectivity index (χ0) is 9.19. The Bertz CT molecular complexity index is 155. The topological polar surface area (TPSA) is 0 Å². The molecule has 0 N–H and O–H groups in total. The van der Waals surface area contributed by atoms with Gasteiger partial charge in [0.05, 0.1) is 0 Å². The third-order valence-electron chi connectivity index (χ3n) is 3.29. The maximum atomic E-state index is 3.77. The average molecular weight is 166 g/mol. The second-order valence-electron chi connectivity index (χ2n) is 5.10. The fourth-order valence-electron chi connectivity index (χ4n) is 1.96. The van der Waals surface area contributed by atoms with Crippen molar-refractivity contribution in [1.82, 2.24) is 0 Å². The van der Waals surface area contributed by atoms with Crippen LogP contribution < -0.4 is 0 Å². The molecule has 0 aliphatic heterocycles. The fraction of sp³-hybridized carbons (Fsp3) is 0.833. The Balaban J connectivity index is 2.07. The van der Waals surface area contributed by atoms with E-state index in [2.05, 4.69) is 27.4 Å². The Kier molecular flexibility index (Phi) is 2.98. The summed E-state index contributed by atoms with van der Waals surface area (Å²) in [7, 11) is 0. The second-order valence-corrected chi connectivity index (χ2v) is 5.10. The normalized spacial score (nSPS) is 28.1. The van der Waals surface area contributed by atoms with Crippen molar-refractivity contribution in [2.45, 2.75) is 46.5 Å². The van der Waals surface area contributed by atoms with Crippen LogP contribution >= 0.6 is 0 Å². The Morgan fingerprint density at radius 1 is 1.58 bits per heavy atom. The number of allylic oxidation sites excluding steroid dienone is 1. The fourth-order valence-corrected chi connectivity index (χ4v) is 1.96. The minimum absolute atomic E-state index is 0.675. The van der Waals surface area contributed by atoms with Gasteiger partial charge in [0, 0.05) is 0 Å². The highest BCUT2D eigenvalue weighted by molar-refractivity contribution is 4.94. The molecule has 0 radical (unpaired) electrons. The highest BCUT2D eigenvalue weighted by atomic mass is 14.5. The summed E-state index contributed by atoms with van der Waals surface area (Å²) in [6.07, 6.45) is 7.51. The van der Waals surface area contributed by atoms with Gasteiger partial charge in [-0.05, 0) is 36.5 Å². The van der Waals surface area contributed by atoms with Gasteiger partial charge in [0.15, 0.2) is 0 Å². The quantitative estimate of drug-likeness (QED) is 0.541. The molecule has 0 nitrogen and oxygen atoms in total. The Morgan fingerprint density at radius 3 is 2.58 bits per heavy atom. The molecule has 0 aromatic rings. The lowest BCUT2D eigenvalue weighted by atomic mass is 9.97. The summed E-state index contributed by atoms with van der Waals surface area (Å²) in [5.74, 6) is 1.86. The Morgan fingerprint density at radius 2 is 2.17 bits per heavy atom. The van der Waals surface area contributed by atoms with E-state index in [9.17, 15) is 0 Å². The summed E-state index contributed by atoms with van der Waals surface area (Å²) in [4.78, 5) is 0. The van der Waals surface area contributed by atoms with Crippen molar-refractivity contribution in [2.75, 3.05) is 0 Å². The molecule has 0 amide bonds. The number of hydrogen-bond acceptors (Lipinski definition) is 0. The first kappa shape index (κ1) is 9.83. The van der Waals surface area contributed by atoms with Crippen molar-refractivity contribution in [3.8, 4) is 0 Å². The summed E-state index contributed by atoms with van der Waals surface area (Å²) < 4.78 is 0. The summed E-state index contributed by atoms with van der Waals surface area (Å²) >= 11 is 0. The third kappa shape index (κ3) is 2.66. The largest absolute Gasteiger partial charge is 0.103 e. The van der Waals surface area contributed by atoms with Crippen LogP contribution in [0.3, 0.4) is 0 Å². The van der Waals surface area contributed by atoms with Gasteiger partial charge in [-0.25, -0.2) is 0 Å². The van der Waals surface area contributed by atoms with E-state index >= 15 is 0 Å². The molecule has 0 spiro atoms. The molecule has 0 saturated heterocycles. The SMILES string of the molecule is C=CCC(C)CCC1CC1(C)C. The highest BCUT2D eigenvalue weighted by Gasteiger charge is 2.44. The van der Waals surface area contributed by atoms with Crippen molar-refractivity contribution in [3.05, 3.63) is 12.7 Å². The first-order valence-electron chi connectivity index (χ1n) is 5.17. The summed E-state index contributed by atoms with van der Waals surface area (Å²) in [6, 6.07) is 0. The van der Waals surface area contributed by atoms with Crippen molar-refractivity contribution in [2.24, 2.45) is 17.3 Å². The van der Waals surface area contributed by atoms with Crippen LogP contribution in [0.15, 0.2) is 12.7 Å². The summed E-state index contributed by atoms with van der Waals surface area (Å²) in [6.45, 7) is 10.9. The minimum atomic E-state index is 0.675. The molecule has 1 fully saturated rings. The predicted octanol–water partition coefficient (Wildman–Crippen LogP) is 4.02. The van der Waals surface area contributed by atoms with Crippen LogP contribution in [0.4, 0.5) is 0 Å². The van der Waals surface area contributed by atoms with E-state index in [0.717, 1.165) is 11.8 Å². The highest BCUT2D eigenvalue weighted by Crippen LogP contribution is 2.54. The lowest BCUT2D eigenvalue weighted by Gasteiger charge is -2.08. The molecule has 2 atom stereocenters. The zero-order valence-corrected chi connectivity index (χ0v) is 8.77. The van der Waals surface area contributed by atoms with Crippen LogP contribution in [0.1, 0.15) is 46.5 Å². The minimum Gasteiger partial charge on any atom is -0.103 e. The second kappa shape index (κ2) is 3.64. The molecule has 0 heteroatoms. The molecular weight excluding hydrogens is 144 g/mol. The van der Waals surface area contributed by atoms with E-state index in [-0.39, 0.29) is 0 Å². The Labute approximate surface area is 77.1 Å². The van der Waals surface area contributed by atoms with Gasteiger partial charge in [0.2, 0.25) is 0 Å². The van der Waals surface area contributed by atoms with Gasteiger partial charge in [-0.3, -0.25) is 0 Å². The van der Waals surface area contributed by atoms with Crippen LogP contribution in [0.25, 0.3) is 0 Å². The molecule has 0 heterocycles. The van der Waals surface area contributed by atoms with Gasteiger partial charge in [0.25, 0.3) is 0 Å². The molecular formula is C12H22. The van der Waals surface area contributed by atoms with Gasteiger partial charge < -0.3 is 0 Å². The standard InChI is InChI=1S/C12H22/c1-5-6-10(2)7-8-11-9-12(11,3)4/h5,10-11H,1,6-9H2,2-4H3. The predicted molar refractivity (Wildman–Crippen MR) is 55.1 cm³/mol. The molecule has 1 aliphatic carbocycles. The van der Waals surface area contributed by atoms with E-state index in [1.54, 1.807) is 0 Å². The van der Waals surface area contributed by atoms with Crippen LogP contribution in [0.2, 0.25) is 0 Å². The average Bonchev–Trinajstić information content (AvgIpc) is 2.56. The first-order valence-corrected chi connectivity index (χ1v) is 5.17. The zero-order valence-electron chi connectivity index (χ0n) is 8.77. The lowest BCUT2D eigenvalue weighted by molar-refractivity contribution is 0.451. The van der Waals surface area contributed by atoms with Crippen molar-refractivity contribution < 1.29 is 0 Å². The van der Waals surface area contributed by atoms with E-state index in [1.807, 2.05) is 6.08 Å². The number of rotatable bonds is 5. The lowest BCUT2D eigenvalue weighted by Crippen LogP contribution is -1.96. The van der Waals surface area contributed by atoms with Crippen LogP contribution in [0.5, 0.6) is 0 Å². The van der Waals surface area contributed by atoms with Gasteiger partial charge in [-0.15, -0.1) is 6.58 Å². The summed E-state index contributed by atoms with van der Waals surface area (Å²) in [5, 5.41) is 0. The van der Waals surface area contributed by atoms with Crippen molar-refractivity contribution in [3.63, 3.8) is 0 Å². The van der Waals surface area contributed by atoms with Crippen molar-refractivity contribution in [1.29, 1.82) is 0 Å². The Hall–Kier alpha value is -0.260. The van der Waals surface area contributed by atoms with E-state index in [1.165, 1.54) is 25.7 Å². The maximum Gasteiger partial charge on any atom is -0.0323 e. The van der Waals surface area contributed by atoms with Gasteiger partial charge >= 0.3 is 0 Å². The molecule has 12 heavy (non-hydrogen) atoms. The van der Waals surface area contributed by atoms with Gasteiger partial charge in [-0.2, -0.15) is 0 Å². The van der Waals surface area contributed by atoms with E-state index in [0.29, 0.717) is 5.41 Å². The maximum absolute atomic E-state index is 3.77. The van der Waals surface area contributed by atoms with Gasteiger partial charge in [0.1, 0.15) is 0 Å². The van der Waals surface area contributed by atoms with Crippen molar-refractivity contribution >= 4 is 0 Å². The van der Waals surface area contributed by atoms with Crippen LogP contribution in [0, 0.1) is 17.3 Å². The third-order valence-corrected chi connectivity index (χ3v) is 3.29. The number of hydrogen-bond donors (Lipinski definition) is 0. The van der Waals surface area contributed by atoms with E-state index in [4.69, 9.17) is 0 Å². The van der Waals surface area contributed by atoms with Gasteiger partial charge in [-0.1, -0.05) is 33.3 Å². The molecule has 70 valence electrons. The first-order chi connectivity index (χ1) is 5.56. The van der Waals surface area contributed by atoms with Crippen LogP contribution in [-0.2, 0) is 0 Å². The molecule has 1 rings (SSSR count). The molecule has 0 aromatic carbocycles. The molecule has 1 saturated carbocycles. The van der Waals surface area contributed by atoms with Crippen LogP contribution in [-0.4, -0.2) is 0 Å². The molecule has 0 bridgehead atoms. The molecule has 2 unspecified atom stereocenters. The van der Waals surface area contributed by atoms with E-state index < -0.39 is 0 Å². The monoisotopic (exact) mass is 166 g/mol. The molecule has 0 aromatic heterocycles. The smallest absolute Gasteiger partial charge is 0.0323 e. The summed E-state index contributed by atoms with van der Waals surface area (Å²) in [5.41, 5.74) is 0.675. The molecule has 1 aliphatic rings.